The minimum atomic E-state index is -0.321. The zero-order chi connectivity index (χ0) is 12.3. The molecule has 0 spiro atoms. The Morgan fingerprint density at radius 3 is 3.06 bits per heavy atom. The van der Waals surface area contributed by atoms with Crippen molar-refractivity contribution < 1.29 is 9.53 Å². The number of aromatic amines is 1. The first-order chi connectivity index (χ1) is 8.26. The first-order valence-electron chi connectivity index (χ1n) is 5.18. The van der Waals surface area contributed by atoms with E-state index in [1.165, 1.54) is 7.11 Å². The molecule has 0 fully saturated rings. The van der Waals surface area contributed by atoms with Crippen LogP contribution in [0.3, 0.4) is 0 Å². The molecule has 1 aromatic carbocycles. The highest BCUT2D eigenvalue weighted by atomic mass is 79.9. The van der Waals surface area contributed by atoms with E-state index in [1.54, 1.807) is 6.20 Å². The summed E-state index contributed by atoms with van der Waals surface area (Å²) in [5, 5.41) is 1.69. The number of esters is 1. The molecule has 1 N–H and O–H groups in total. The fraction of sp³-hybridized carbons (Fsp3) is 0.154. The van der Waals surface area contributed by atoms with Crippen LogP contribution in [0.25, 0.3) is 17.0 Å². The minimum Gasteiger partial charge on any atom is -0.465 e. The number of methoxy groups -OCH3 is 1. The molecule has 17 heavy (non-hydrogen) atoms. The summed E-state index contributed by atoms with van der Waals surface area (Å²) >= 11 is 3.33. The van der Waals surface area contributed by atoms with Crippen LogP contribution in [0.5, 0.6) is 0 Å². The summed E-state index contributed by atoms with van der Waals surface area (Å²) in [7, 11) is 1.38. The van der Waals surface area contributed by atoms with Crippen molar-refractivity contribution in [1.82, 2.24) is 4.98 Å². The lowest BCUT2D eigenvalue weighted by molar-refractivity contribution is 0.0603. The number of hydrogen-bond acceptors (Lipinski definition) is 2. The number of carbonyl (C=O) groups is 1. The third kappa shape index (κ3) is 2.42. The van der Waals surface area contributed by atoms with E-state index in [0.717, 1.165) is 21.8 Å². The van der Waals surface area contributed by atoms with Crippen molar-refractivity contribution in [2.75, 3.05) is 12.4 Å². The molecule has 0 aliphatic rings. The van der Waals surface area contributed by atoms with Crippen molar-refractivity contribution in [3.05, 3.63) is 41.6 Å². The van der Waals surface area contributed by atoms with Crippen LogP contribution in [0, 0.1) is 0 Å². The Kier molecular flexibility index (Phi) is 3.64. The Labute approximate surface area is 108 Å². The van der Waals surface area contributed by atoms with E-state index in [1.807, 2.05) is 30.4 Å². The zero-order valence-corrected chi connectivity index (χ0v) is 11.0. The number of alkyl halides is 1. The largest absolute Gasteiger partial charge is 0.465 e. The molecule has 0 amide bonds. The lowest BCUT2D eigenvalue weighted by Gasteiger charge is -1.98. The molecule has 2 aromatic rings. The molecule has 1 heterocycles. The highest BCUT2D eigenvalue weighted by Gasteiger charge is 2.11. The monoisotopic (exact) mass is 293 g/mol. The van der Waals surface area contributed by atoms with E-state index in [9.17, 15) is 4.79 Å². The Bertz CT molecular complexity index is 572. The number of hydrogen-bond donors (Lipinski definition) is 1. The van der Waals surface area contributed by atoms with E-state index in [0.29, 0.717) is 5.56 Å². The average Bonchev–Trinajstić information content (AvgIpc) is 2.78. The molecule has 4 heteroatoms. The lowest BCUT2D eigenvalue weighted by Crippen LogP contribution is -1.99. The van der Waals surface area contributed by atoms with Gasteiger partial charge in [-0.3, -0.25) is 0 Å². The standard InChI is InChI=1S/C13H12BrNO2/c1-17-13(16)11-8-15-12-5-4-9(3-2-6-14)7-10(11)12/h2-5,7-8,15H,6H2,1H3. The lowest BCUT2D eigenvalue weighted by atomic mass is 10.1. The Balaban J connectivity index is 2.50. The van der Waals surface area contributed by atoms with Crippen molar-refractivity contribution >= 4 is 38.9 Å². The molecule has 0 atom stereocenters. The van der Waals surface area contributed by atoms with Crippen molar-refractivity contribution in [2.24, 2.45) is 0 Å². The predicted molar refractivity (Wildman–Crippen MR) is 72.5 cm³/mol. The maximum absolute atomic E-state index is 11.5. The van der Waals surface area contributed by atoms with Gasteiger partial charge in [0.25, 0.3) is 0 Å². The van der Waals surface area contributed by atoms with Gasteiger partial charge in [0.2, 0.25) is 0 Å². The molecule has 0 saturated heterocycles. The predicted octanol–water partition coefficient (Wildman–Crippen LogP) is 3.36. The van der Waals surface area contributed by atoms with Gasteiger partial charge in [-0.05, 0) is 17.7 Å². The number of halogens is 1. The van der Waals surface area contributed by atoms with E-state index < -0.39 is 0 Å². The van der Waals surface area contributed by atoms with Gasteiger partial charge in [0.15, 0.2) is 0 Å². The second kappa shape index (κ2) is 5.19. The number of H-pyrrole nitrogens is 1. The third-order valence-electron chi connectivity index (χ3n) is 2.51. The average molecular weight is 294 g/mol. The van der Waals surface area contributed by atoms with E-state index in [2.05, 4.69) is 20.9 Å². The molecular weight excluding hydrogens is 282 g/mol. The molecule has 0 aliphatic carbocycles. The maximum atomic E-state index is 11.5. The number of ether oxygens (including phenoxy) is 1. The second-order valence-electron chi connectivity index (χ2n) is 3.56. The smallest absolute Gasteiger partial charge is 0.340 e. The number of carbonyl (C=O) groups excluding carboxylic acids is 1. The number of benzene rings is 1. The van der Waals surface area contributed by atoms with Gasteiger partial charge in [0.1, 0.15) is 0 Å². The number of aromatic nitrogens is 1. The number of fused-ring (bicyclic) bond motifs is 1. The van der Waals surface area contributed by atoms with Crippen LogP contribution in [0.15, 0.2) is 30.5 Å². The molecule has 0 bridgehead atoms. The molecular formula is C13H12BrNO2. The summed E-state index contributed by atoms with van der Waals surface area (Å²) in [5.74, 6) is -0.321. The van der Waals surface area contributed by atoms with Gasteiger partial charge in [-0.1, -0.05) is 34.1 Å². The second-order valence-corrected chi connectivity index (χ2v) is 4.20. The van der Waals surface area contributed by atoms with Crippen molar-refractivity contribution in [1.29, 1.82) is 0 Å². The zero-order valence-electron chi connectivity index (χ0n) is 9.37. The summed E-state index contributed by atoms with van der Waals surface area (Å²) in [6.45, 7) is 0. The SMILES string of the molecule is COC(=O)c1c[nH]c2ccc(C=CCBr)cc12. The molecule has 88 valence electrons. The van der Waals surface area contributed by atoms with Crippen LogP contribution in [-0.4, -0.2) is 23.4 Å². The summed E-state index contributed by atoms with van der Waals surface area (Å²) in [4.78, 5) is 14.6. The van der Waals surface area contributed by atoms with Gasteiger partial charge in [0, 0.05) is 22.4 Å². The number of allylic oxidation sites excluding steroid dienone is 1. The van der Waals surface area contributed by atoms with Crippen LogP contribution in [0.1, 0.15) is 15.9 Å². The Morgan fingerprint density at radius 2 is 2.35 bits per heavy atom. The Hall–Kier alpha value is -1.55. The first kappa shape index (κ1) is 11.9. The van der Waals surface area contributed by atoms with Gasteiger partial charge < -0.3 is 9.72 Å². The van der Waals surface area contributed by atoms with Gasteiger partial charge in [-0.2, -0.15) is 0 Å². The topological polar surface area (TPSA) is 42.1 Å². The fourth-order valence-electron chi connectivity index (χ4n) is 1.70. The van der Waals surface area contributed by atoms with E-state index in [4.69, 9.17) is 4.74 Å². The molecule has 0 saturated carbocycles. The summed E-state index contributed by atoms with van der Waals surface area (Å²) < 4.78 is 4.74. The van der Waals surface area contributed by atoms with Gasteiger partial charge in [-0.25, -0.2) is 4.79 Å². The van der Waals surface area contributed by atoms with Crippen molar-refractivity contribution in [3.8, 4) is 0 Å². The van der Waals surface area contributed by atoms with Crippen LogP contribution in [0.4, 0.5) is 0 Å². The molecule has 2 rings (SSSR count). The van der Waals surface area contributed by atoms with Crippen molar-refractivity contribution in [3.63, 3.8) is 0 Å². The van der Waals surface area contributed by atoms with Crippen LogP contribution in [-0.2, 0) is 4.74 Å². The highest BCUT2D eigenvalue weighted by molar-refractivity contribution is 9.09. The fourth-order valence-corrected chi connectivity index (χ4v) is 1.89. The number of rotatable bonds is 3. The third-order valence-corrected chi connectivity index (χ3v) is 2.88. The van der Waals surface area contributed by atoms with E-state index in [-0.39, 0.29) is 5.97 Å². The normalized spacial score (nSPS) is 11.2. The summed E-state index contributed by atoms with van der Waals surface area (Å²) in [6.07, 6.45) is 5.68. The molecule has 0 radical (unpaired) electrons. The maximum Gasteiger partial charge on any atom is 0.340 e. The van der Waals surface area contributed by atoms with Crippen LogP contribution < -0.4 is 0 Å². The van der Waals surface area contributed by atoms with Gasteiger partial charge in [0.05, 0.1) is 12.7 Å². The molecule has 3 nitrogen and oxygen atoms in total. The van der Waals surface area contributed by atoms with Crippen LogP contribution >= 0.6 is 15.9 Å². The summed E-state index contributed by atoms with van der Waals surface area (Å²) in [5.41, 5.74) is 2.56. The summed E-state index contributed by atoms with van der Waals surface area (Å²) in [6, 6.07) is 5.92. The molecule has 0 unspecified atom stereocenters. The number of nitrogens with one attached hydrogen (secondary N) is 1. The Morgan fingerprint density at radius 1 is 1.53 bits per heavy atom. The highest BCUT2D eigenvalue weighted by Crippen LogP contribution is 2.21. The van der Waals surface area contributed by atoms with Crippen molar-refractivity contribution in [2.45, 2.75) is 0 Å². The van der Waals surface area contributed by atoms with Crippen LogP contribution in [0.2, 0.25) is 0 Å². The molecule has 1 aromatic heterocycles. The van der Waals surface area contributed by atoms with Gasteiger partial charge >= 0.3 is 5.97 Å². The molecule has 0 aliphatic heterocycles. The first-order valence-corrected chi connectivity index (χ1v) is 6.30. The minimum absolute atomic E-state index is 0.321. The quantitative estimate of drug-likeness (QED) is 0.696. The van der Waals surface area contributed by atoms with Gasteiger partial charge in [-0.15, -0.1) is 0 Å². The van der Waals surface area contributed by atoms with E-state index >= 15 is 0 Å².